The number of ketones is 1. The number of esters is 1. The first-order valence-corrected chi connectivity index (χ1v) is 7.78. The molecule has 0 aliphatic heterocycles. The number of carbonyl (C=O) groups is 2. The average molecular weight is 389 g/mol. The lowest BCUT2D eigenvalue weighted by Gasteiger charge is -2.13. The van der Waals surface area contributed by atoms with Gasteiger partial charge >= 0.3 is 5.97 Å². The van der Waals surface area contributed by atoms with Crippen molar-refractivity contribution < 1.29 is 31.9 Å². The van der Waals surface area contributed by atoms with E-state index in [4.69, 9.17) is 4.74 Å². The first-order valence-electron chi connectivity index (χ1n) is 7.04. The maximum atomic E-state index is 13.9. The molecule has 0 aliphatic carbocycles. The second kappa shape index (κ2) is 8.04. The molecule has 0 spiro atoms. The van der Waals surface area contributed by atoms with Crippen molar-refractivity contribution in [2.45, 2.75) is 6.92 Å². The van der Waals surface area contributed by atoms with E-state index in [9.17, 15) is 27.2 Å². The van der Waals surface area contributed by atoms with Crippen molar-refractivity contribution in [1.29, 1.82) is 0 Å². The number of halogens is 4. The highest BCUT2D eigenvalue weighted by atomic mass is 32.1. The Labute approximate surface area is 149 Å². The highest BCUT2D eigenvalue weighted by Gasteiger charge is 2.29. The van der Waals surface area contributed by atoms with Crippen molar-refractivity contribution in [1.82, 2.24) is 8.75 Å². The number of anilines is 1. The Bertz CT molecular complexity index is 872. The zero-order chi connectivity index (χ0) is 19.4. The maximum Gasteiger partial charge on any atom is 0.343 e. The summed E-state index contributed by atoms with van der Waals surface area (Å²) < 4.78 is 66.1. The lowest BCUT2D eigenvalue weighted by molar-refractivity contribution is -0.138. The van der Waals surface area contributed by atoms with Gasteiger partial charge in [0, 0.05) is 13.2 Å². The van der Waals surface area contributed by atoms with Crippen molar-refractivity contribution in [3.63, 3.8) is 0 Å². The molecule has 0 bridgehead atoms. The predicted molar refractivity (Wildman–Crippen MR) is 83.6 cm³/mol. The molecule has 138 valence electrons. The van der Waals surface area contributed by atoms with Crippen LogP contribution in [-0.2, 0) is 9.53 Å². The molecule has 1 heterocycles. The predicted octanol–water partition coefficient (Wildman–Crippen LogP) is 2.86. The van der Waals surface area contributed by atoms with Crippen LogP contribution >= 0.6 is 11.7 Å². The minimum atomic E-state index is -2.16. The number of hydrogen-bond acceptors (Lipinski definition) is 7. The first kappa shape index (κ1) is 19.5. The topological polar surface area (TPSA) is 72.4 Å². The number of hydrogen-bond donors (Lipinski definition) is 0. The Morgan fingerprint density at radius 2 is 1.92 bits per heavy atom. The van der Waals surface area contributed by atoms with E-state index in [1.807, 2.05) is 0 Å². The molecule has 0 radical (unpaired) electrons. The molecule has 1 aromatic heterocycles. The molecular weight excluding hydrogens is 378 g/mol. The Kier molecular flexibility index (Phi) is 6.03. The van der Waals surface area contributed by atoms with Gasteiger partial charge in [-0.2, -0.15) is 8.75 Å². The van der Waals surface area contributed by atoms with E-state index in [0.717, 1.165) is 17.9 Å². The molecule has 2 aromatic rings. The number of aromatic nitrogens is 2. The molecule has 1 aromatic carbocycles. The smallest absolute Gasteiger partial charge is 0.343 e. The number of nitrogens with zero attached hydrogens (tertiary/aromatic N) is 3. The quantitative estimate of drug-likeness (QED) is 0.111. The first-order chi connectivity index (χ1) is 12.3. The summed E-state index contributed by atoms with van der Waals surface area (Å²) in [6.45, 7) is 1.35. The van der Waals surface area contributed by atoms with Gasteiger partial charge in [-0.1, -0.05) is 0 Å². The zero-order valence-corrected chi connectivity index (χ0v) is 14.2. The second-order valence-electron chi connectivity index (χ2n) is 4.82. The lowest BCUT2D eigenvalue weighted by Crippen LogP contribution is -2.22. The van der Waals surface area contributed by atoms with Crippen LogP contribution < -0.4 is 4.90 Å². The third kappa shape index (κ3) is 3.87. The fourth-order valence-corrected chi connectivity index (χ4v) is 2.32. The Balaban J connectivity index is 2.52. The van der Waals surface area contributed by atoms with Gasteiger partial charge in [0.05, 0.1) is 30.1 Å². The molecule has 11 heteroatoms. The summed E-state index contributed by atoms with van der Waals surface area (Å²) in [5.74, 6) is -10.2. The molecule has 0 saturated carbocycles. The SMILES string of the molecule is CCOC(=O)/C(=C/N(C)c1cnsn1)C(=O)c1cc(F)c(F)c(F)c1F. The number of rotatable bonds is 6. The summed E-state index contributed by atoms with van der Waals surface area (Å²) in [6, 6.07) is 0.174. The van der Waals surface area contributed by atoms with Crippen molar-refractivity contribution >= 4 is 29.3 Å². The van der Waals surface area contributed by atoms with Gasteiger partial charge in [-0.15, -0.1) is 0 Å². The van der Waals surface area contributed by atoms with E-state index >= 15 is 0 Å². The zero-order valence-electron chi connectivity index (χ0n) is 13.4. The molecule has 2 rings (SSSR count). The Hall–Kier alpha value is -2.82. The molecule has 0 atom stereocenters. The van der Waals surface area contributed by atoms with Crippen LogP contribution in [0.5, 0.6) is 0 Å². The molecule has 0 fully saturated rings. The lowest BCUT2D eigenvalue weighted by atomic mass is 10.0. The summed E-state index contributed by atoms with van der Waals surface area (Å²) >= 11 is 0.854. The largest absolute Gasteiger partial charge is 0.462 e. The van der Waals surface area contributed by atoms with Crippen molar-refractivity contribution in [2.75, 3.05) is 18.6 Å². The van der Waals surface area contributed by atoms with Gasteiger partial charge in [0.2, 0.25) is 5.78 Å². The van der Waals surface area contributed by atoms with Crippen LogP contribution in [0.1, 0.15) is 17.3 Å². The summed E-state index contributed by atoms with van der Waals surface area (Å²) in [5.41, 5.74) is -1.88. The third-order valence-electron chi connectivity index (χ3n) is 3.12. The van der Waals surface area contributed by atoms with Crippen LogP contribution in [0.4, 0.5) is 23.4 Å². The minimum absolute atomic E-state index is 0.111. The van der Waals surface area contributed by atoms with E-state index in [0.29, 0.717) is 0 Å². The number of ether oxygens (including phenoxy) is 1. The van der Waals surface area contributed by atoms with E-state index < -0.39 is 46.2 Å². The van der Waals surface area contributed by atoms with Crippen molar-refractivity contribution in [3.05, 3.63) is 52.9 Å². The number of Topliss-reactive ketones (excluding diaryl/α,β-unsaturated/α-hetero) is 1. The van der Waals surface area contributed by atoms with Crippen LogP contribution in [0.15, 0.2) is 24.0 Å². The Morgan fingerprint density at radius 3 is 2.50 bits per heavy atom. The molecule has 26 heavy (non-hydrogen) atoms. The summed E-state index contributed by atoms with van der Waals surface area (Å²) in [4.78, 5) is 25.7. The molecule has 0 saturated heterocycles. The van der Waals surface area contributed by atoms with Crippen molar-refractivity contribution in [2.24, 2.45) is 0 Å². The third-order valence-corrected chi connectivity index (χ3v) is 3.59. The van der Waals surface area contributed by atoms with Gasteiger partial charge in [0.1, 0.15) is 5.57 Å². The highest BCUT2D eigenvalue weighted by Crippen LogP contribution is 2.22. The standard InChI is InChI=1S/C15H11F4N3O3S/c1-3-25-15(24)8(6-22(2)10-5-20-26-21-10)14(23)7-4-9(16)12(18)13(19)11(7)17/h4-6H,3H2,1-2H3/b8-6+. The number of benzene rings is 1. The van der Waals surface area contributed by atoms with E-state index in [-0.39, 0.29) is 18.5 Å². The summed E-state index contributed by atoms with van der Waals surface area (Å²) in [7, 11) is 1.41. The van der Waals surface area contributed by atoms with E-state index in [2.05, 4.69) is 8.75 Å². The van der Waals surface area contributed by atoms with Crippen LogP contribution in [0.2, 0.25) is 0 Å². The van der Waals surface area contributed by atoms with Crippen LogP contribution in [0, 0.1) is 23.3 Å². The van der Waals surface area contributed by atoms with Gasteiger partial charge < -0.3 is 9.64 Å². The van der Waals surface area contributed by atoms with Gasteiger partial charge in [-0.25, -0.2) is 22.4 Å². The Morgan fingerprint density at radius 1 is 1.23 bits per heavy atom. The van der Waals surface area contributed by atoms with Gasteiger partial charge in [-0.05, 0) is 13.0 Å². The second-order valence-corrected chi connectivity index (χ2v) is 5.37. The molecule has 0 aliphatic rings. The average Bonchev–Trinajstić information content (AvgIpc) is 3.15. The van der Waals surface area contributed by atoms with Crippen LogP contribution in [-0.4, -0.2) is 34.2 Å². The van der Waals surface area contributed by atoms with Crippen LogP contribution in [0.25, 0.3) is 0 Å². The fourth-order valence-electron chi connectivity index (χ4n) is 1.87. The minimum Gasteiger partial charge on any atom is -0.462 e. The summed E-state index contributed by atoms with van der Waals surface area (Å²) in [5, 5.41) is 0. The maximum absolute atomic E-state index is 13.9. The fraction of sp³-hybridized carbons (Fsp3) is 0.200. The van der Waals surface area contributed by atoms with Gasteiger partial charge in [0.25, 0.3) is 0 Å². The monoisotopic (exact) mass is 389 g/mol. The molecule has 6 nitrogen and oxygen atoms in total. The molecule has 0 N–H and O–H groups in total. The number of carbonyl (C=O) groups excluding carboxylic acids is 2. The van der Waals surface area contributed by atoms with Gasteiger partial charge in [-0.3, -0.25) is 4.79 Å². The molecule has 0 amide bonds. The van der Waals surface area contributed by atoms with Crippen molar-refractivity contribution in [3.8, 4) is 0 Å². The molecular formula is C15H11F4N3O3S. The highest BCUT2D eigenvalue weighted by molar-refractivity contribution is 6.99. The van der Waals surface area contributed by atoms with Crippen LogP contribution in [0.3, 0.4) is 0 Å². The summed E-state index contributed by atoms with van der Waals surface area (Å²) in [6.07, 6.45) is 2.28. The molecule has 0 unspecified atom stereocenters. The van der Waals surface area contributed by atoms with E-state index in [1.54, 1.807) is 0 Å². The van der Waals surface area contributed by atoms with E-state index in [1.165, 1.54) is 25.1 Å². The normalized spacial score (nSPS) is 11.4. The van der Waals surface area contributed by atoms with Gasteiger partial charge in [0.15, 0.2) is 29.1 Å².